The zero-order valence-corrected chi connectivity index (χ0v) is 14.1. The maximum Gasteiger partial charge on any atom is 0.226 e. The standard InChI is InChI=1S/C21H26N2O/c22-14-19-12-7-13-20(19)21(24)23(15-17-8-3-1-4-9-17)16-18-10-5-2-6-11-18/h1-6,8-11,19-20H,7,12-16,22H2/t19-,20-/m1/s1. The summed E-state index contributed by atoms with van der Waals surface area (Å²) < 4.78 is 0. The van der Waals surface area contributed by atoms with E-state index in [0.717, 1.165) is 19.3 Å². The van der Waals surface area contributed by atoms with Crippen LogP contribution >= 0.6 is 0 Å². The summed E-state index contributed by atoms with van der Waals surface area (Å²) in [6.07, 6.45) is 3.17. The molecule has 2 atom stereocenters. The fourth-order valence-corrected chi connectivity index (χ4v) is 3.70. The van der Waals surface area contributed by atoms with Gasteiger partial charge in [0.2, 0.25) is 5.91 Å². The number of hydrogen-bond acceptors (Lipinski definition) is 2. The number of nitrogens with two attached hydrogens (primary N) is 1. The van der Waals surface area contributed by atoms with E-state index in [0.29, 0.717) is 25.6 Å². The summed E-state index contributed by atoms with van der Waals surface area (Å²) in [4.78, 5) is 15.2. The molecule has 24 heavy (non-hydrogen) atoms. The summed E-state index contributed by atoms with van der Waals surface area (Å²) >= 11 is 0. The second-order valence-electron chi connectivity index (χ2n) is 6.70. The molecule has 1 amide bonds. The van der Waals surface area contributed by atoms with Crippen LogP contribution in [-0.2, 0) is 17.9 Å². The number of carbonyl (C=O) groups excluding carboxylic acids is 1. The van der Waals surface area contributed by atoms with Crippen molar-refractivity contribution in [2.45, 2.75) is 32.4 Å². The molecule has 0 bridgehead atoms. The molecular weight excluding hydrogens is 296 g/mol. The first-order valence-electron chi connectivity index (χ1n) is 8.84. The first-order valence-corrected chi connectivity index (χ1v) is 8.84. The van der Waals surface area contributed by atoms with Crippen molar-refractivity contribution in [1.29, 1.82) is 0 Å². The maximum atomic E-state index is 13.2. The van der Waals surface area contributed by atoms with Gasteiger partial charge in [-0.2, -0.15) is 0 Å². The number of rotatable bonds is 6. The Balaban J connectivity index is 1.79. The lowest BCUT2D eigenvalue weighted by molar-refractivity contribution is -0.138. The zero-order valence-electron chi connectivity index (χ0n) is 14.1. The third-order valence-electron chi connectivity index (χ3n) is 5.02. The highest BCUT2D eigenvalue weighted by Crippen LogP contribution is 2.33. The molecule has 1 saturated carbocycles. The van der Waals surface area contributed by atoms with Crippen molar-refractivity contribution in [3.63, 3.8) is 0 Å². The molecule has 3 rings (SSSR count). The van der Waals surface area contributed by atoms with Crippen LogP contribution in [0.4, 0.5) is 0 Å². The second kappa shape index (κ2) is 8.11. The van der Waals surface area contributed by atoms with Crippen LogP contribution in [0.1, 0.15) is 30.4 Å². The lowest BCUT2D eigenvalue weighted by Gasteiger charge is -2.28. The van der Waals surface area contributed by atoms with E-state index in [1.165, 1.54) is 11.1 Å². The van der Waals surface area contributed by atoms with Crippen LogP contribution in [0.3, 0.4) is 0 Å². The Labute approximate surface area is 144 Å². The molecule has 2 N–H and O–H groups in total. The van der Waals surface area contributed by atoms with Gasteiger partial charge >= 0.3 is 0 Å². The number of carbonyl (C=O) groups is 1. The van der Waals surface area contributed by atoms with E-state index >= 15 is 0 Å². The van der Waals surface area contributed by atoms with Gasteiger partial charge in [0.1, 0.15) is 0 Å². The van der Waals surface area contributed by atoms with Crippen molar-refractivity contribution >= 4 is 5.91 Å². The monoisotopic (exact) mass is 322 g/mol. The lowest BCUT2D eigenvalue weighted by atomic mass is 9.94. The zero-order chi connectivity index (χ0) is 16.8. The van der Waals surface area contributed by atoms with Gasteiger partial charge < -0.3 is 10.6 Å². The Bertz CT molecular complexity index is 600. The van der Waals surface area contributed by atoms with Crippen molar-refractivity contribution in [2.24, 2.45) is 17.6 Å². The van der Waals surface area contributed by atoms with Gasteiger partial charge in [-0.15, -0.1) is 0 Å². The fourth-order valence-electron chi connectivity index (χ4n) is 3.70. The number of amides is 1. The summed E-state index contributed by atoms with van der Waals surface area (Å²) in [5.41, 5.74) is 8.24. The number of hydrogen-bond donors (Lipinski definition) is 1. The molecule has 1 aliphatic carbocycles. The third-order valence-corrected chi connectivity index (χ3v) is 5.02. The lowest BCUT2D eigenvalue weighted by Crippen LogP contribution is -2.38. The second-order valence-corrected chi connectivity index (χ2v) is 6.70. The summed E-state index contributed by atoms with van der Waals surface area (Å²) in [6, 6.07) is 20.5. The Morgan fingerprint density at radius 2 is 1.46 bits per heavy atom. The van der Waals surface area contributed by atoms with E-state index in [4.69, 9.17) is 5.73 Å². The molecule has 0 heterocycles. The molecule has 0 aromatic heterocycles. The fraction of sp³-hybridized carbons (Fsp3) is 0.381. The van der Waals surface area contributed by atoms with Gasteiger partial charge in [0.05, 0.1) is 0 Å². The molecule has 3 nitrogen and oxygen atoms in total. The van der Waals surface area contributed by atoms with Gasteiger partial charge in [-0.25, -0.2) is 0 Å². The highest BCUT2D eigenvalue weighted by Gasteiger charge is 2.34. The molecule has 126 valence electrons. The minimum atomic E-state index is 0.0856. The highest BCUT2D eigenvalue weighted by atomic mass is 16.2. The van der Waals surface area contributed by atoms with Crippen LogP contribution < -0.4 is 5.73 Å². The normalized spacial score (nSPS) is 20.0. The molecule has 0 radical (unpaired) electrons. The van der Waals surface area contributed by atoms with Gasteiger partial charge in [0, 0.05) is 19.0 Å². The molecule has 0 unspecified atom stereocenters. The minimum absolute atomic E-state index is 0.0856. The largest absolute Gasteiger partial charge is 0.334 e. The van der Waals surface area contributed by atoms with Crippen molar-refractivity contribution in [1.82, 2.24) is 4.90 Å². The molecule has 3 heteroatoms. The first kappa shape index (κ1) is 16.7. The molecule has 1 fully saturated rings. The molecule has 0 spiro atoms. The van der Waals surface area contributed by atoms with Crippen LogP contribution in [0, 0.1) is 11.8 Å². The average Bonchev–Trinajstić information content (AvgIpc) is 3.11. The quantitative estimate of drug-likeness (QED) is 0.883. The van der Waals surface area contributed by atoms with Crippen LogP contribution in [0.2, 0.25) is 0 Å². The predicted octanol–water partition coefficient (Wildman–Crippen LogP) is 3.59. The van der Waals surface area contributed by atoms with Gasteiger partial charge in [0.25, 0.3) is 0 Å². The van der Waals surface area contributed by atoms with Gasteiger partial charge in [0.15, 0.2) is 0 Å². The molecule has 2 aromatic rings. The Hall–Kier alpha value is -2.13. The van der Waals surface area contributed by atoms with Crippen molar-refractivity contribution in [3.05, 3.63) is 71.8 Å². The molecule has 0 saturated heterocycles. The minimum Gasteiger partial charge on any atom is -0.334 e. The number of nitrogens with zero attached hydrogens (tertiary/aromatic N) is 1. The Morgan fingerprint density at radius 3 is 1.96 bits per heavy atom. The molecular formula is C21H26N2O. The third kappa shape index (κ3) is 4.04. The summed E-state index contributed by atoms with van der Waals surface area (Å²) in [5.74, 6) is 0.685. The van der Waals surface area contributed by atoms with Gasteiger partial charge in [-0.3, -0.25) is 4.79 Å². The van der Waals surface area contributed by atoms with E-state index in [9.17, 15) is 4.79 Å². The van der Waals surface area contributed by atoms with Crippen molar-refractivity contribution in [3.8, 4) is 0 Å². The number of benzene rings is 2. The van der Waals surface area contributed by atoms with Crippen molar-refractivity contribution < 1.29 is 4.79 Å². The van der Waals surface area contributed by atoms with E-state index in [1.807, 2.05) is 41.3 Å². The highest BCUT2D eigenvalue weighted by molar-refractivity contribution is 5.79. The summed E-state index contributed by atoms with van der Waals surface area (Å²) in [7, 11) is 0. The smallest absolute Gasteiger partial charge is 0.226 e. The van der Waals surface area contributed by atoms with E-state index < -0.39 is 0 Å². The first-order chi connectivity index (χ1) is 11.8. The van der Waals surface area contributed by atoms with E-state index in [2.05, 4.69) is 24.3 Å². The Morgan fingerprint density at radius 1 is 0.917 bits per heavy atom. The van der Waals surface area contributed by atoms with Crippen LogP contribution in [0.5, 0.6) is 0 Å². The van der Waals surface area contributed by atoms with E-state index in [1.54, 1.807) is 0 Å². The summed E-state index contributed by atoms with van der Waals surface area (Å²) in [6.45, 7) is 1.92. The average molecular weight is 322 g/mol. The van der Waals surface area contributed by atoms with E-state index in [-0.39, 0.29) is 11.8 Å². The van der Waals surface area contributed by atoms with Crippen LogP contribution in [0.15, 0.2) is 60.7 Å². The Kier molecular flexibility index (Phi) is 5.65. The predicted molar refractivity (Wildman–Crippen MR) is 97.0 cm³/mol. The SMILES string of the molecule is NC[C@H]1CCC[C@H]1C(=O)N(Cc1ccccc1)Cc1ccccc1. The van der Waals surface area contributed by atoms with Crippen LogP contribution in [-0.4, -0.2) is 17.4 Å². The summed E-state index contributed by atoms with van der Waals surface area (Å²) in [5, 5.41) is 0. The molecule has 2 aromatic carbocycles. The van der Waals surface area contributed by atoms with Crippen LogP contribution in [0.25, 0.3) is 0 Å². The topological polar surface area (TPSA) is 46.3 Å². The maximum absolute atomic E-state index is 13.2. The van der Waals surface area contributed by atoms with Gasteiger partial charge in [-0.1, -0.05) is 67.1 Å². The van der Waals surface area contributed by atoms with Gasteiger partial charge in [-0.05, 0) is 36.4 Å². The molecule has 1 aliphatic rings. The van der Waals surface area contributed by atoms with Crippen molar-refractivity contribution in [2.75, 3.05) is 6.54 Å². The molecule has 0 aliphatic heterocycles.